The highest BCUT2D eigenvalue weighted by molar-refractivity contribution is 6.01. The van der Waals surface area contributed by atoms with Crippen molar-refractivity contribution in [2.45, 2.75) is 31.3 Å². The molecular formula is C12H15NO5. The van der Waals surface area contributed by atoms with Crippen LogP contribution in [0.5, 0.6) is 0 Å². The van der Waals surface area contributed by atoms with Gasteiger partial charge in [-0.1, -0.05) is 0 Å². The Labute approximate surface area is 104 Å². The van der Waals surface area contributed by atoms with Crippen LogP contribution >= 0.6 is 0 Å². The molecule has 6 heteroatoms. The summed E-state index contributed by atoms with van der Waals surface area (Å²) < 4.78 is 5.04. The predicted octanol–water partition coefficient (Wildman–Crippen LogP) is -0.597. The minimum atomic E-state index is -2.09. The Morgan fingerprint density at radius 1 is 1.61 bits per heavy atom. The smallest absolute Gasteiger partial charge is 0.234 e. The summed E-state index contributed by atoms with van der Waals surface area (Å²) in [5.74, 6) is -2.75. The number of nitrogens with zero attached hydrogens (tertiary/aromatic N) is 1. The lowest BCUT2D eigenvalue weighted by atomic mass is 10.00. The third-order valence-corrected chi connectivity index (χ3v) is 2.93. The Morgan fingerprint density at radius 2 is 2.33 bits per heavy atom. The molecule has 3 atom stereocenters. The largest absolute Gasteiger partial charge is 0.394 e. The van der Waals surface area contributed by atoms with Gasteiger partial charge in [-0.25, -0.2) is 0 Å². The predicted molar refractivity (Wildman–Crippen MR) is 60.8 cm³/mol. The van der Waals surface area contributed by atoms with E-state index in [-0.39, 0.29) is 12.0 Å². The number of ether oxygens (including phenoxy) is 1. The lowest BCUT2D eigenvalue weighted by molar-refractivity contribution is -0.164. The van der Waals surface area contributed by atoms with Crippen LogP contribution in [-0.4, -0.2) is 50.7 Å². The van der Waals surface area contributed by atoms with Crippen molar-refractivity contribution in [2.75, 3.05) is 6.61 Å². The van der Waals surface area contributed by atoms with Crippen molar-refractivity contribution >= 4 is 5.78 Å². The number of Topliss-reactive ketones (excluding diaryl/α,β-unsaturated/α-hetero) is 1. The van der Waals surface area contributed by atoms with E-state index < -0.39 is 30.4 Å². The SMILES string of the molecule is Cc1cncc(C(=O)[C@]2(O)C[C@H](O)[C@@H](CO)O2)c1. The summed E-state index contributed by atoms with van der Waals surface area (Å²) in [5, 5.41) is 28.6. The molecule has 0 amide bonds. The highest BCUT2D eigenvalue weighted by atomic mass is 16.7. The van der Waals surface area contributed by atoms with Gasteiger partial charge in [-0.2, -0.15) is 0 Å². The molecule has 0 bridgehead atoms. The third-order valence-electron chi connectivity index (χ3n) is 2.93. The van der Waals surface area contributed by atoms with E-state index in [1.54, 1.807) is 19.2 Å². The van der Waals surface area contributed by atoms with Crippen molar-refractivity contribution in [1.82, 2.24) is 4.98 Å². The van der Waals surface area contributed by atoms with Crippen molar-refractivity contribution < 1.29 is 24.9 Å². The monoisotopic (exact) mass is 253 g/mol. The maximum absolute atomic E-state index is 12.1. The van der Waals surface area contributed by atoms with E-state index in [9.17, 15) is 15.0 Å². The second-order valence-electron chi connectivity index (χ2n) is 4.47. The van der Waals surface area contributed by atoms with E-state index >= 15 is 0 Å². The molecular weight excluding hydrogens is 238 g/mol. The molecule has 1 saturated heterocycles. The first kappa shape index (κ1) is 13.1. The van der Waals surface area contributed by atoms with Gasteiger partial charge in [-0.15, -0.1) is 0 Å². The van der Waals surface area contributed by atoms with E-state index in [2.05, 4.69) is 4.98 Å². The molecule has 2 rings (SSSR count). The first-order chi connectivity index (χ1) is 8.46. The topological polar surface area (TPSA) is 99.9 Å². The third kappa shape index (κ3) is 2.28. The van der Waals surface area contributed by atoms with Crippen LogP contribution < -0.4 is 0 Å². The number of ketones is 1. The van der Waals surface area contributed by atoms with Crippen molar-refractivity contribution in [1.29, 1.82) is 0 Å². The zero-order chi connectivity index (χ0) is 13.3. The number of carbonyl (C=O) groups is 1. The molecule has 1 aliphatic heterocycles. The average Bonchev–Trinajstić information content (AvgIpc) is 2.64. The molecule has 1 fully saturated rings. The van der Waals surface area contributed by atoms with E-state index in [4.69, 9.17) is 9.84 Å². The van der Waals surface area contributed by atoms with Gasteiger partial charge in [0.05, 0.1) is 12.7 Å². The molecule has 0 spiro atoms. The zero-order valence-corrected chi connectivity index (χ0v) is 9.91. The van der Waals surface area contributed by atoms with Gasteiger partial charge in [-0.3, -0.25) is 9.78 Å². The van der Waals surface area contributed by atoms with Crippen LogP contribution in [0.1, 0.15) is 22.3 Å². The quantitative estimate of drug-likeness (QED) is 0.622. The molecule has 1 aromatic rings. The molecule has 0 radical (unpaired) electrons. The van der Waals surface area contributed by atoms with Crippen molar-refractivity contribution in [3.05, 3.63) is 29.6 Å². The summed E-state index contributed by atoms with van der Waals surface area (Å²) in [7, 11) is 0. The average molecular weight is 253 g/mol. The van der Waals surface area contributed by atoms with E-state index in [0.29, 0.717) is 0 Å². The van der Waals surface area contributed by atoms with Crippen LogP contribution in [0.25, 0.3) is 0 Å². The lowest BCUT2D eigenvalue weighted by Crippen LogP contribution is -2.39. The van der Waals surface area contributed by atoms with Gasteiger partial charge in [0.25, 0.3) is 0 Å². The number of pyridine rings is 1. The number of aromatic nitrogens is 1. The summed E-state index contributed by atoms with van der Waals surface area (Å²) in [4.78, 5) is 16.0. The van der Waals surface area contributed by atoms with Crippen LogP contribution in [0.2, 0.25) is 0 Å². The second-order valence-corrected chi connectivity index (χ2v) is 4.47. The first-order valence-electron chi connectivity index (χ1n) is 5.62. The van der Waals surface area contributed by atoms with Crippen LogP contribution in [-0.2, 0) is 4.74 Å². The fourth-order valence-electron chi connectivity index (χ4n) is 2.00. The second kappa shape index (κ2) is 4.74. The molecule has 18 heavy (non-hydrogen) atoms. The normalized spacial score (nSPS) is 31.6. The van der Waals surface area contributed by atoms with Gasteiger partial charge in [0.2, 0.25) is 11.6 Å². The van der Waals surface area contributed by atoms with Crippen LogP contribution in [0.3, 0.4) is 0 Å². The minimum Gasteiger partial charge on any atom is -0.394 e. The molecule has 2 heterocycles. The Morgan fingerprint density at radius 3 is 2.89 bits per heavy atom. The molecule has 6 nitrogen and oxygen atoms in total. The Hall–Kier alpha value is -1.34. The van der Waals surface area contributed by atoms with E-state index in [1.165, 1.54) is 6.20 Å². The van der Waals surface area contributed by atoms with E-state index in [1.807, 2.05) is 0 Å². The van der Waals surface area contributed by atoms with Gasteiger partial charge in [0.1, 0.15) is 6.10 Å². The van der Waals surface area contributed by atoms with Gasteiger partial charge in [-0.05, 0) is 18.6 Å². The summed E-state index contributed by atoms with van der Waals surface area (Å²) in [5.41, 5.74) is 0.991. The molecule has 0 aliphatic carbocycles. The first-order valence-corrected chi connectivity index (χ1v) is 5.62. The Balaban J connectivity index is 2.24. The minimum absolute atomic E-state index is 0.211. The molecule has 3 N–H and O–H groups in total. The lowest BCUT2D eigenvalue weighted by Gasteiger charge is -2.20. The molecule has 1 aromatic heterocycles. The maximum Gasteiger partial charge on any atom is 0.234 e. The summed E-state index contributed by atoms with van der Waals surface area (Å²) in [6.07, 6.45) is 0.639. The number of aliphatic hydroxyl groups excluding tert-OH is 2. The zero-order valence-electron chi connectivity index (χ0n) is 9.91. The van der Waals surface area contributed by atoms with Crippen LogP contribution in [0.15, 0.2) is 18.5 Å². The number of hydrogen-bond acceptors (Lipinski definition) is 6. The maximum atomic E-state index is 12.1. The highest BCUT2D eigenvalue weighted by Gasteiger charge is 2.50. The summed E-state index contributed by atoms with van der Waals surface area (Å²) >= 11 is 0. The van der Waals surface area contributed by atoms with Crippen molar-refractivity contribution in [3.8, 4) is 0 Å². The van der Waals surface area contributed by atoms with Gasteiger partial charge < -0.3 is 20.1 Å². The Kier molecular flexibility index (Phi) is 3.45. The number of carbonyl (C=O) groups excluding carboxylic acids is 1. The molecule has 0 aromatic carbocycles. The Bertz CT molecular complexity index is 464. The van der Waals surface area contributed by atoms with Crippen LogP contribution in [0.4, 0.5) is 0 Å². The number of aliphatic hydroxyl groups is 3. The van der Waals surface area contributed by atoms with Crippen molar-refractivity contribution in [2.24, 2.45) is 0 Å². The van der Waals surface area contributed by atoms with Crippen molar-refractivity contribution in [3.63, 3.8) is 0 Å². The van der Waals surface area contributed by atoms with Gasteiger partial charge in [0, 0.05) is 24.4 Å². The van der Waals surface area contributed by atoms with E-state index in [0.717, 1.165) is 5.56 Å². The fourth-order valence-corrected chi connectivity index (χ4v) is 2.00. The standard InChI is InChI=1S/C12H15NO5/c1-7-2-8(5-13-4-7)11(16)12(17)3-9(15)10(6-14)18-12/h2,4-5,9-10,14-15,17H,3,6H2,1H3/t9-,10+,12-/m0/s1. The number of aryl methyl sites for hydroxylation is 1. The molecule has 0 unspecified atom stereocenters. The van der Waals surface area contributed by atoms with Crippen LogP contribution in [0, 0.1) is 6.92 Å². The fraction of sp³-hybridized carbons (Fsp3) is 0.500. The van der Waals surface area contributed by atoms with Gasteiger partial charge in [0.15, 0.2) is 0 Å². The molecule has 98 valence electrons. The molecule has 0 saturated carbocycles. The summed E-state index contributed by atoms with van der Waals surface area (Å²) in [6, 6.07) is 1.58. The number of rotatable bonds is 3. The molecule has 1 aliphatic rings. The summed E-state index contributed by atoms with van der Waals surface area (Å²) in [6.45, 7) is 1.32. The highest BCUT2D eigenvalue weighted by Crippen LogP contribution is 2.31. The van der Waals surface area contributed by atoms with Gasteiger partial charge >= 0.3 is 0 Å². The number of hydrogen-bond donors (Lipinski definition) is 3.